The van der Waals surface area contributed by atoms with Crippen LogP contribution in [0.2, 0.25) is 19.6 Å². The maximum atomic E-state index is 11.6. The Morgan fingerprint density at radius 2 is 2.00 bits per heavy atom. The Hall–Kier alpha value is -0.703. The van der Waals surface area contributed by atoms with E-state index >= 15 is 0 Å². The second-order valence-electron chi connectivity index (χ2n) is 4.88. The van der Waals surface area contributed by atoms with Crippen LogP contribution in [-0.2, 0) is 14.0 Å². The van der Waals surface area contributed by atoms with Gasteiger partial charge in [0.1, 0.15) is 12.0 Å². The van der Waals surface area contributed by atoms with Crippen LogP contribution in [0.5, 0.6) is 0 Å². The molecule has 0 aliphatic carbocycles. The second kappa shape index (κ2) is 7.55. The van der Waals surface area contributed by atoms with E-state index in [0.717, 1.165) is 25.3 Å². The summed E-state index contributed by atoms with van der Waals surface area (Å²) in [6.45, 7) is 8.23. The Morgan fingerprint density at radius 3 is 2.44 bits per heavy atom. The Kier molecular flexibility index (Phi) is 7.22. The fourth-order valence-electron chi connectivity index (χ4n) is 1.42. The zero-order valence-corrected chi connectivity index (χ0v) is 11.7. The van der Waals surface area contributed by atoms with Gasteiger partial charge in [-0.25, -0.2) is 4.79 Å². The largest absolute Gasteiger partial charge is 0.407 e. The van der Waals surface area contributed by atoms with E-state index in [1.807, 2.05) is 19.6 Å². The molecule has 1 atom stereocenters. The van der Waals surface area contributed by atoms with Gasteiger partial charge in [0, 0.05) is 0 Å². The standard InChI is InChI=1S/C12H22O3Si/c1-5-6-7-8-12(11(14)9-10-13)15-16(2,3)4/h9,12H,5-8H2,1-4H3. The molecule has 16 heavy (non-hydrogen) atoms. The predicted molar refractivity (Wildman–Crippen MR) is 67.6 cm³/mol. The van der Waals surface area contributed by atoms with Crippen molar-refractivity contribution in [2.75, 3.05) is 0 Å². The Balaban J connectivity index is 4.38. The lowest BCUT2D eigenvalue weighted by Crippen LogP contribution is -2.36. The SMILES string of the molecule is CCCCCC(O[Si](C)(C)C)C(=O)C=C=O. The van der Waals surface area contributed by atoms with Gasteiger partial charge in [-0.3, -0.25) is 4.79 Å². The molecule has 0 radical (unpaired) electrons. The fraction of sp³-hybridized carbons (Fsp3) is 0.750. The van der Waals surface area contributed by atoms with E-state index in [4.69, 9.17) is 4.43 Å². The molecule has 4 heteroatoms. The van der Waals surface area contributed by atoms with Crippen LogP contribution >= 0.6 is 0 Å². The van der Waals surface area contributed by atoms with Gasteiger partial charge in [0.25, 0.3) is 0 Å². The molecule has 92 valence electrons. The van der Waals surface area contributed by atoms with Crippen LogP contribution in [0.15, 0.2) is 6.08 Å². The third kappa shape index (κ3) is 7.57. The molecule has 0 aliphatic rings. The quantitative estimate of drug-likeness (QED) is 0.284. The summed E-state index contributed by atoms with van der Waals surface area (Å²) in [6, 6.07) is 0. The zero-order valence-electron chi connectivity index (χ0n) is 10.7. The van der Waals surface area contributed by atoms with Crippen LogP contribution < -0.4 is 0 Å². The van der Waals surface area contributed by atoms with E-state index in [9.17, 15) is 9.59 Å². The van der Waals surface area contributed by atoms with Gasteiger partial charge >= 0.3 is 0 Å². The van der Waals surface area contributed by atoms with Gasteiger partial charge in [-0.2, -0.15) is 0 Å². The molecule has 0 saturated carbocycles. The van der Waals surface area contributed by atoms with Crippen LogP contribution in [0.25, 0.3) is 0 Å². The van der Waals surface area contributed by atoms with Crippen LogP contribution in [0, 0.1) is 0 Å². The molecule has 0 rings (SSSR count). The summed E-state index contributed by atoms with van der Waals surface area (Å²) in [5, 5.41) is 0. The number of hydrogen-bond acceptors (Lipinski definition) is 3. The molecule has 0 heterocycles. The van der Waals surface area contributed by atoms with Crippen molar-refractivity contribution >= 4 is 20.0 Å². The van der Waals surface area contributed by atoms with Crippen molar-refractivity contribution in [1.82, 2.24) is 0 Å². The Labute approximate surface area is 99.0 Å². The first-order valence-electron chi connectivity index (χ1n) is 5.83. The van der Waals surface area contributed by atoms with Gasteiger partial charge in [-0.05, 0) is 26.1 Å². The Morgan fingerprint density at radius 1 is 1.38 bits per heavy atom. The van der Waals surface area contributed by atoms with Crippen LogP contribution in [-0.4, -0.2) is 26.1 Å². The highest BCUT2D eigenvalue weighted by molar-refractivity contribution is 6.69. The summed E-state index contributed by atoms with van der Waals surface area (Å²) in [7, 11) is -1.74. The van der Waals surface area contributed by atoms with E-state index in [1.165, 1.54) is 5.94 Å². The van der Waals surface area contributed by atoms with Crippen LogP contribution in [0.1, 0.15) is 32.6 Å². The lowest BCUT2D eigenvalue weighted by Gasteiger charge is -2.24. The van der Waals surface area contributed by atoms with Crippen molar-refractivity contribution in [3.05, 3.63) is 6.08 Å². The highest BCUT2D eigenvalue weighted by Crippen LogP contribution is 2.14. The highest BCUT2D eigenvalue weighted by atomic mass is 28.4. The summed E-state index contributed by atoms with van der Waals surface area (Å²) in [5.74, 6) is 1.29. The molecular formula is C12H22O3Si. The molecule has 0 aromatic heterocycles. The monoisotopic (exact) mass is 242 g/mol. The third-order valence-electron chi connectivity index (χ3n) is 2.08. The molecule has 0 fully saturated rings. The summed E-state index contributed by atoms with van der Waals surface area (Å²) in [6.07, 6.45) is 4.37. The first-order valence-corrected chi connectivity index (χ1v) is 9.24. The summed E-state index contributed by atoms with van der Waals surface area (Å²) in [4.78, 5) is 21.8. The van der Waals surface area contributed by atoms with Gasteiger partial charge < -0.3 is 4.43 Å². The second-order valence-corrected chi connectivity index (χ2v) is 9.34. The summed E-state index contributed by atoms with van der Waals surface area (Å²) >= 11 is 0. The molecule has 0 aliphatic heterocycles. The maximum absolute atomic E-state index is 11.6. The molecule has 3 nitrogen and oxygen atoms in total. The number of unbranched alkanes of at least 4 members (excludes halogenated alkanes) is 2. The van der Waals surface area contributed by atoms with E-state index in [2.05, 4.69) is 6.92 Å². The van der Waals surface area contributed by atoms with Crippen molar-refractivity contribution < 1.29 is 14.0 Å². The molecule has 0 bridgehead atoms. The van der Waals surface area contributed by atoms with Gasteiger partial charge in [-0.15, -0.1) is 0 Å². The highest BCUT2D eigenvalue weighted by Gasteiger charge is 2.24. The van der Waals surface area contributed by atoms with E-state index in [0.29, 0.717) is 6.42 Å². The van der Waals surface area contributed by atoms with Crippen molar-refractivity contribution in [2.45, 2.75) is 58.4 Å². The molecule has 0 spiro atoms. The first kappa shape index (κ1) is 15.3. The lowest BCUT2D eigenvalue weighted by molar-refractivity contribution is -0.121. The normalized spacial score (nSPS) is 13.0. The number of carbonyl (C=O) groups is 1. The molecule has 0 N–H and O–H groups in total. The van der Waals surface area contributed by atoms with Crippen molar-refractivity contribution in [3.8, 4) is 0 Å². The number of ketones is 1. The predicted octanol–water partition coefficient (Wildman–Crippen LogP) is 2.74. The average Bonchev–Trinajstić information content (AvgIpc) is 2.15. The van der Waals surface area contributed by atoms with Crippen molar-refractivity contribution in [1.29, 1.82) is 0 Å². The summed E-state index contributed by atoms with van der Waals surface area (Å²) < 4.78 is 5.78. The summed E-state index contributed by atoms with van der Waals surface area (Å²) in [5.41, 5.74) is 0. The van der Waals surface area contributed by atoms with E-state index in [1.54, 1.807) is 0 Å². The zero-order chi connectivity index (χ0) is 12.6. The van der Waals surface area contributed by atoms with Gasteiger partial charge in [0.05, 0.1) is 6.08 Å². The van der Waals surface area contributed by atoms with Gasteiger partial charge in [0.15, 0.2) is 14.1 Å². The Bertz CT molecular complexity index is 262. The minimum Gasteiger partial charge on any atom is -0.407 e. The number of hydrogen-bond donors (Lipinski definition) is 0. The molecule has 0 saturated heterocycles. The van der Waals surface area contributed by atoms with E-state index in [-0.39, 0.29) is 5.78 Å². The van der Waals surface area contributed by atoms with Crippen molar-refractivity contribution in [2.24, 2.45) is 0 Å². The van der Waals surface area contributed by atoms with Gasteiger partial charge in [0.2, 0.25) is 0 Å². The molecular weight excluding hydrogens is 220 g/mol. The lowest BCUT2D eigenvalue weighted by atomic mass is 10.1. The minimum atomic E-state index is -1.74. The van der Waals surface area contributed by atoms with Crippen LogP contribution in [0.3, 0.4) is 0 Å². The van der Waals surface area contributed by atoms with E-state index < -0.39 is 14.4 Å². The minimum absolute atomic E-state index is 0.242. The number of rotatable bonds is 8. The van der Waals surface area contributed by atoms with Crippen molar-refractivity contribution in [3.63, 3.8) is 0 Å². The van der Waals surface area contributed by atoms with Gasteiger partial charge in [-0.1, -0.05) is 26.2 Å². The smallest absolute Gasteiger partial charge is 0.194 e. The maximum Gasteiger partial charge on any atom is 0.194 e. The molecule has 0 aromatic carbocycles. The molecule has 0 aromatic rings. The number of carbonyl (C=O) groups excluding carboxylic acids is 2. The topological polar surface area (TPSA) is 43.4 Å². The third-order valence-corrected chi connectivity index (χ3v) is 3.08. The van der Waals surface area contributed by atoms with Crippen LogP contribution in [0.4, 0.5) is 0 Å². The first-order chi connectivity index (χ1) is 7.40. The average molecular weight is 242 g/mol. The molecule has 0 amide bonds. The molecule has 1 unspecified atom stereocenters. The fourth-order valence-corrected chi connectivity index (χ4v) is 2.50.